The normalized spacial score (nSPS) is 16.8. The fourth-order valence-corrected chi connectivity index (χ4v) is 3.69. The maximum absolute atomic E-state index is 12.7. The standard InChI is InChI=1S/C16H27N3O4S/c1-5-17-11-13-6-8-19(9-7-13)16(20)14-10-15(23-12(14)2)24(21,22)18(3)4/h10,13,17H,5-9,11H2,1-4H3. The average Bonchev–Trinajstić information content (AvgIpc) is 2.95. The zero-order chi connectivity index (χ0) is 17.9. The van der Waals surface area contributed by atoms with E-state index in [0.717, 1.165) is 30.2 Å². The number of nitrogens with one attached hydrogen (secondary N) is 1. The minimum atomic E-state index is -3.67. The molecule has 7 nitrogen and oxygen atoms in total. The van der Waals surface area contributed by atoms with E-state index in [1.165, 1.54) is 20.2 Å². The quantitative estimate of drug-likeness (QED) is 0.830. The van der Waals surface area contributed by atoms with Crippen LogP contribution in [0.4, 0.5) is 0 Å². The second kappa shape index (κ2) is 7.67. The second-order valence-corrected chi connectivity index (χ2v) is 8.45. The number of carbonyl (C=O) groups excluding carboxylic acids is 1. The highest BCUT2D eigenvalue weighted by Crippen LogP contribution is 2.24. The molecule has 0 spiro atoms. The Morgan fingerprint density at radius 1 is 1.38 bits per heavy atom. The topological polar surface area (TPSA) is 82.9 Å². The monoisotopic (exact) mass is 357 g/mol. The van der Waals surface area contributed by atoms with Crippen LogP contribution in [0.25, 0.3) is 0 Å². The molecule has 1 N–H and O–H groups in total. The highest BCUT2D eigenvalue weighted by Gasteiger charge is 2.29. The first-order valence-electron chi connectivity index (χ1n) is 8.30. The van der Waals surface area contributed by atoms with Crippen molar-refractivity contribution in [3.8, 4) is 0 Å². The van der Waals surface area contributed by atoms with Crippen molar-refractivity contribution < 1.29 is 17.6 Å². The zero-order valence-electron chi connectivity index (χ0n) is 14.8. The van der Waals surface area contributed by atoms with Gasteiger partial charge < -0.3 is 14.6 Å². The molecule has 1 aliphatic rings. The smallest absolute Gasteiger partial charge is 0.275 e. The van der Waals surface area contributed by atoms with Crippen LogP contribution >= 0.6 is 0 Å². The Hall–Kier alpha value is -1.38. The van der Waals surface area contributed by atoms with Gasteiger partial charge in [-0.3, -0.25) is 4.79 Å². The van der Waals surface area contributed by atoms with Crippen molar-refractivity contribution in [1.82, 2.24) is 14.5 Å². The van der Waals surface area contributed by atoms with Crippen LogP contribution in [0.2, 0.25) is 0 Å². The number of rotatable bonds is 6. The van der Waals surface area contributed by atoms with Crippen molar-refractivity contribution in [2.75, 3.05) is 40.3 Å². The molecule has 1 fully saturated rings. The lowest BCUT2D eigenvalue weighted by Gasteiger charge is -2.32. The number of likely N-dealkylation sites (tertiary alicyclic amines) is 1. The number of aryl methyl sites for hydroxylation is 1. The first-order valence-corrected chi connectivity index (χ1v) is 9.74. The van der Waals surface area contributed by atoms with Crippen LogP contribution in [0.3, 0.4) is 0 Å². The van der Waals surface area contributed by atoms with Crippen LogP contribution < -0.4 is 5.32 Å². The van der Waals surface area contributed by atoms with Crippen molar-refractivity contribution in [2.45, 2.75) is 31.8 Å². The van der Waals surface area contributed by atoms with Crippen LogP contribution in [0.1, 0.15) is 35.9 Å². The maximum Gasteiger partial charge on any atom is 0.275 e. The third-order valence-electron chi connectivity index (χ3n) is 4.45. The Balaban J connectivity index is 2.08. The van der Waals surface area contributed by atoms with Crippen LogP contribution in [0, 0.1) is 12.8 Å². The van der Waals surface area contributed by atoms with E-state index in [0.29, 0.717) is 30.3 Å². The molecule has 1 aromatic rings. The largest absolute Gasteiger partial charge is 0.448 e. The Kier molecular flexibility index (Phi) is 6.06. The molecule has 1 saturated heterocycles. The van der Waals surface area contributed by atoms with Gasteiger partial charge in [-0.05, 0) is 38.8 Å². The molecule has 24 heavy (non-hydrogen) atoms. The predicted octanol–water partition coefficient (Wildman–Crippen LogP) is 1.30. The molecule has 0 radical (unpaired) electrons. The molecule has 0 atom stereocenters. The molecule has 8 heteroatoms. The summed E-state index contributed by atoms with van der Waals surface area (Å²) >= 11 is 0. The molecule has 0 aromatic carbocycles. The summed E-state index contributed by atoms with van der Waals surface area (Å²) in [6, 6.07) is 1.34. The van der Waals surface area contributed by atoms with Gasteiger partial charge in [0.25, 0.3) is 15.9 Å². The van der Waals surface area contributed by atoms with Gasteiger partial charge >= 0.3 is 0 Å². The number of sulfonamides is 1. The van der Waals surface area contributed by atoms with Crippen LogP contribution in [0.15, 0.2) is 15.6 Å². The number of hydrogen-bond acceptors (Lipinski definition) is 5. The molecular formula is C16H27N3O4S. The van der Waals surface area contributed by atoms with Gasteiger partial charge in [0.15, 0.2) is 0 Å². The van der Waals surface area contributed by atoms with Gasteiger partial charge in [-0.2, -0.15) is 0 Å². The third kappa shape index (κ3) is 3.99. The highest BCUT2D eigenvalue weighted by molar-refractivity contribution is 7.88. The van der Waals surface area contributed by atoms with E-state index < -0.39 is 10.0 Å². The third-order valence-corrected chi connectivity index (χ3v) is 6.12. The van der Waals surface area contributed by atoms with Crippen molar-refractivity contribution >= 4 is 15.9 Å². The van der Waals surface area contributed by atoms with Gasteiger partial charge in [-0.15, -0.1) is 0 Å². The average molecular weight is 357 g/mol. The van der Waals surface area contributed by atoms with Crippen LogP contribution in [-0.4, -0.2) is 63.8 Å². The summed E-state index contributed by atoms with van der Waals surface area (Å²) < 4.78 is 30.7. The van der Waals surface area contributed by atoms with Crippen molar-refractivity contribution in [3.63, 3.8) is 0 Å². The molecule has 2 rings (SSSR count). The Labute approximate surface area is 144 Å². The summed E-state index contributed by atoms with van der Waals surface area (Å²) in [5.41, 5.74) is 0.334. The van der Waals surface area contributed by atoms with Crippen molar-refractivity contribution in [1.29, 1.82) is 0 Å². The lowest BCUT2D eigenvalue weighted by molar-refractivity contribution is 0.0688. The van der Waals surface area contributed by atoms with E-state index in [1.807, 2.05) is 0 Å². The number of amides is 1. The Bertz CT molecular complexity index is 673. The lowest BCUT2D eigenvalue weighted by atomic mass is 9.96. The molecular weight excluding hydrogens is 330 g/mol. The first-order chi connectivity index (χ1) is 11.3. The summed E-state index contributed by atoms with van der Waals surface area (Å²) in [5, 5.41) is 3.16. The van der Waals surface area contributed by atoms with E-state index in [-0.39, 0.29) is 11.0 Å². The van der Waals surface area contributed by atoms with Gasteiger partial charge in [0.1, 0.15) is 5.76 Å². The summed E-state index contributed by atoms with van der Waals surface area (Å²) in [7, 11) is -0.806. The van der Waals surface area contributed by atoms with Gasteiger partial charge in [0.2, 0.25) is 5.09 Å². The van der Waals surface area contributed by atoms with Crippen LogP contribution in [-0.2, 0) is 10.0 Å². The SMILES string of the molecule is CCNCC1CCN(C(=O)c2cc(S(=O)(=O)N(C)C)oc2C)CC1. The predicted molar refractivity (Wildman–Crippen MR) is 91.5 cm³/mol. The van der Waals surface area contributed by atoms with Gasteiger partial charge in [0, 0.05) is 33.3 Å². The number of nitrogens with zero attached hydrogens (tertiary/aromatic N) is 2. The van der Waals surface area contributed by atoms with Gasteiger partial charge in [-0.1, -0.05) is 6.92 Å². The molecule has 1 amide bonds. The summed E-state index contributed by atoms with van der Waals surface area (Å²) in [6.45, 7) is 7.02. The second-order valence-electron chi connectivity index (χ2n) is 6.37. The summed E-state index contributed by atoms with van der Waals surface area (Å²) in [5.74, 6) is 0.776. The lowest BCUT2D eigenvalue weighted by Crippen LogP contribution is -2.40. The first kappa shape index (κ1) is 19.0. The highest BCUT2D eigenvalue weighted by atomic mass is 32.2. The fraction of sp³-hybridized carbons (Fsp3) is 0.688. The summed E-state index contributed by atoms with van der Waals surface area (Å²) in [4.78, 5) is 14.5. The number of piperidine rings is 1. The molecule has 0 aliphatic carbocycles. The molecule has 1 aliphatic heterocycles. The van der Waals surface area contributed by atoms with E-state index >= 15 is 0 Å². The zero-order valence-corrected chi connectivity index (χ0v) is 15.6. The van der Waals surface area contributed by atoms with E-state index in [9.17, 15) is 13.2 Å². The minimum Gasteiger partial charge on any atom is -0.448 e. The molecule has 0 unspecified atom stereocenters. The van der Waals surface area contributed by atoms with Crippen molar-refractivity contribution in [3.05, 3.63) is 17.4 Å². The minimum absolute atomic E-state index is 0.154. The van der Waals surface area contributed by atoms with E-state index in [1.54, 1.807) is 11.8 Å². The Morgan fingerprint density at radius 3 is 2.54 bits per heavy atom. The van der Waals surface area contributed by atoms with Gasteiger partial charge in [-0.25, -0.2) is 12.7 Å². The van der Waals surface area contributed by atoms with Gasteiger partial charge in [0.05, 0.1) is 5.56 Å². The molecule has 136 valence electrons. The number of hydrogen-bond donors (Lipinski definition) is 1. The summed E-state index contributed by atoms with van der Waals surface area (Å²) in [6.07, 6.45) is 1.91. The fourth-order valence-electron chi connectivity index (χ4n) is 2.83. The van der Waals surface area contributed by atoms with Crippen LogP contribution in [0.5, 0.6) is 0 Å². The molecule has 0 bridgehead atoms. The van der Waals surface area contributed by atoms with E-state index in [4.69, 9.17) is 4.42 Å². The molecule has 1 aromatic heterocycles. The van der Waals surface area contributed by atoms with E-state index in [2.05, 4.69) is 12.2 Å². The number of carbonyl (C=O) groups is 1. The number of furan rings is 1. The van der Waals surface area contributed by atoms with Crippen molar-refractivity contribution in [2.24, 2.45) is 5.92 Å². The molecule has 0 saturated carbocycles. The molecule has 2 heterocycles. The maximum atomic E-state index is 12.7. The Morgan fingerprint density at radius 2 is 2.00 bits per heavy atom.